The lowest BCUT2D eigenvalue weighted by Gasteiger charge is -2.18. The minimum absolute atomic E-state index is 0.402. The molecule has 0 aliphatic carbocycles. The Labute approximate surface area is 110 Å². The van der Waals surface area contributed by atoms with Crippen LogP contribution in [0.2, 0.25) is 0 Å². The molecule has 0 bridgehead atoms. The standard InChI is InChI=1S/C17H21N/c1-3-18-17(16-7-5-4-6-8-16)13-15-11-9-14(2)10-12-15/h4-12,17-18H,3,13H2,1-2H3/t17-/m0/s1. The third-order valence-corrected chi connectivity index (χ3v) is 3.21. The first-order valence-electron chi connectivity index (χ1n) is 6.63. The van der Waals surface area contributed by atoms with Gasteiger partial charge in [0, 0.05) is 6.04 Å². The molecule has 94 valence electrons. The van der Waals surface area contributed by atoms with Crippen LogP contribution in [0.4, 0.5) is 0 Å². The fourth-order valence-electron chi connectivity index (χ4n) is 2.20. The van der Waals surface area contributed by atoms with Gasteiger partial charge in [0.2, 0.25) is 0 Å². The van der Waals surface area contributed by atoms with Gasteiger partial charge < -0.3 is 5.32 Å². The average molecular weight is 239 g/mol. The van der Waals surface area contributed by atoms with E-state index in [1.807, 2.05) is 0 Å². The van der Waals surface area contributed by atoms with Crippen molar-refractivity contribution in [1.82, 2.24) is 5.32 Å². The van der Waals surface area contributed by atoms with Crippen LogP contribution in [0.3, 0.4) is 0 Å². The normalized spacial score (nSPS) is 12.3. The predicted molar refractivity (Wildman–Crippen MR) is 77.7 cm³/mol. The molecule has 0 amide bonds. The van der Waals surface area contributed by atoms with Crippen molar-refractivity contribution < 1.29 is 0 Å². The molecule has 18 heavy (non-hydrogen) atoms. The van der Waals surface area contributed by atoms with Crippen LogP contribution in [0.25, 0.3) is 0 Å². The first-order valence-corrected chi connectivity index (χ1v) is 6.63. The average Bonchev–Trinajstić information content (AvgIpc) is 2.42. The van der Waals surface area contributed by atoms with Gasteiger partial charge in [-0.05, 0) is 31.0 Å². The minimum Gasteiger partial charge on any atom is -0.310 e. The Bertz CT molecular complexity index is 459. The molecular weight excluding hydrogens is 218 g/mol. The second-order valence-electron chi connectivity index (χ2n) is 4.71. The summed E-state index contributed by atoms with van der Waals surface area (Å²) in [6, 6.07) is 19.9. The zero-order valence-corrected chi connectivity index (χ0v) is 11.2. The summed E-state index contributed by atoms with van der Waals surface area (Å²) in [6.07, 6.45) is 1.04. The molecule has 0 spiro atoms. The van der Waals surface area contributed by atoms with Crippen LogP contribution in [-0.2, 0) is 6.42 Å². The lowest BCUT2D eigenvalue weighted by atomic mass is 9.98. The molecule has 0 heterocycles. The van der Waals surface area contributed by atoms with E-state index >= 15 is 0 Å². The largest absolute Gasteiger partial charge is 0.310 e. The summed E-state index contributed by atoms with van der Waals surface area (Å²) in [5.74, 6) is 0. The van der Waals surface area contributed by atoms with Crippen molar-refractivity contribution >= 4 is 0 Å². The molecule has 0 fully saturated rings. The van der Waals surface area contributed by atoms with E-state index in [0.717, 1.165) is 13.0 Å². The Morgan fingerprint density at radius 3 is 2.22 bits per heavy atom. The van der Waals surface area contributed by atoms with Gasteiger partial charge in [-0.1, -0.05) is 67.1 Å². The van der Waals surface area contributed by atoms with E-state index in [0.29, 0.717) is 6.04 Å². The number of benzene rings is 2. The third kappa shape index (κ3) is 3.44. The van der Waals surface area contributed by atoms with Gasteiger partial charge in [-0.25, -0.2) is 0 Å². The molecule has 2 aromatic carbocycles. The van der Waals surface area contributed by atoms with Crippen molar-refractivity contribution in [2.45, 2.75) is 26.3 Å². The molecule has 0 saturated heterocycles. The lowest BCUT2D eigenvalue weighted by molar-refractivity contribution is 0.550. The van der Waals surface area contributed by atoms with Gasteiger partial charge >= 0.3 is 0 Å². The zero-order valence-electron chi connectivity index (χ0n) is 11.2. The van der Waals surface area contributed by atoms with Crippen LogP contribution < -0.4 is 5.32 Å². The highest BCUT2D eigenvalue weighted by atomic mass is 14.9. The summed E-state index contributed by atoms with van der Waals surface area (Å²) < 4.78 is 0. The Balaban J connectivity index is 2.14. The summed E-state index contributed by atoms with van der Waals surface area (Å²) >= 11 is 0. The van der Waals surface area contributed by atoms with Crippen LogP contribution in [0.5, 0.6) is 0 Å². The van der Waals surface area contributed by atoms with Crippen molar-refractivity contribution in [2.24, 2.45) is 0 Å². The Morgan fingerprint density at radius 1 is 0.944 bits per heavy atom. The predicted octanol–water partition coefficient (Wildman–Crippen LogP) is 3.89. The van der Waals surface area contributed by atoms with Gasteiger partial charge in [-0.2, -0.15) is 0 Å². The van der Waals surface area contributed by atoms with Gasteiger partial charge in [0.25, 0.3) is 0 Å². The number of nitrogens with one attached hydrogen (secondary N) is 1. The van der Waals surface area contributed by atoms with E-state index in [1.165, 1.54) is 16.7 Å². The number of aryl methyl sites for hydroxylation is 1. The summed E-state index contributed by atoms with van der Waals surface area (Å²) in [4.78, 5) is 0. The van der Waals surface area contributed by atoms with Crippen molar-refractivity contribution in [2.75, 3.05) is 6.54 Å². The molecule has 1 atom stereocenters. The van der Waals surface area contributed by atoms with Gasteiger partial charge in [0.05, 0.1) is 0 Å². The van der Waals surface area contributed by atoms with E-state index < -0.39 is 0 Å². The monoisotopic (exact) mass is 239 g/mol. The molecule has 1 nitrogen and oxygen atoms in total. The molecule has 0 aliphatic rings. The highest BCUT2D eigenvalue weighted by molar-refractivity contribution is 5.26. The van der Waals surface area contributed by atoms with Gasteiger partial charge in [0.15, 0.2) is 0 Å². The molecule has 2 rings (SSSR count). The first-order chi connectivity index (χ1) is 8.79. The number of likely N-dealkylation sites (N-methyl/N-ethyl adjacent to an activating group) is 1. The van der Waals surface area contributed by atoms with E-state index in [-0.39, 0.29) is 0 Å². The van der Waals surface area contributed by atoms with Crippen LogP contribution in [0, 0.1) is 6.92 Å². The summed E-state index contributed by atoms with van der Waals surface area (Å²) in [6.45, 7) is 5.28. The second kappa shape index (κ2) is 6.36. The number of hydrogen-bond donors (Lipinski definition) is 1. The maximum absolute atomic E-state index is 3.56. The highest BCUT2D eigenvalue weighted by Gasteiger charge is 2.10. The van der Waals surface area contributed by atoms with Crippen molar-refractivity contribution in [3.05, 3.63) is 71.3 Å². The number of hydrogen-bond acceptors (Lipinski definition) is 1. The Morgan fingerprint density at radius 2 is 1.61 bits per heavy atom. The molecule has 0 aliphatic heterocycles. The summed E-state index contributed by atoms with van der Waals surface area (Å²) in [7, 11) is 0. The SMILES string of the molecule is CCN[C@@H](Cc1ccc(C)cc1)c1ccccc1. The first kappa shape index (κ1) is 12.8. The molecule has 1 heteroatoms. The summed E-state index contributed by atoms with van der Waals surface area (Å²) in [5.41, 5.74) is 4.06. The van der Waals surface area contributed by atoms with Crippen molar-refractivity contribution in [1.29, 1.82) is 0 Å². The topological polar surface area (TPSA) is 12.0 Å². The maximum atomic E-state index is 3.56. The molecule has 0 saturated carbocycles. The van der Waals surface area contributed by atoms with Gasteiger partial charge in [-0.15, -0.1) is 0 Å². The zero-order chi connectivity index (χ0) is 12.8. The maximum Gasteiger partial charge on any atom is 0.0360 e. The smallest absolute Gasteiger partial charge is 0.0360 e. The van der Waals surface area contributed by atoms with Crippen LogP contribution in [0.15, 0.2) is 54.6 Å². The molecule has 2 aromatic rings. The lowest BCUT2D eigenvalue weighted by Crippen LogP contribution is -2.22. The van der Waals surface area contributed by atoms with Gasteiger partial charge in [0.1, 0.15) is 0 Å². The summed E-state index contributed by atoms with van der Waals surface area (Å²) in [5, 5.41) is 3.56. The Hall–Kier alpha value is -1.60. The fourth-order valence-corrected chi connectivity index (χ4v) is 2.20. The third-order valence-electron chi connectivity index (χ3n) is 3.21. The second-order valence-corrected chi connectivity index (χ2v) is 4.71. The van der Waals surface area contributed by atoms with Crippen LogP contribution >= 0.6 is 0 Å². The quantitative estimate of drug-likeness (QED) is 0.834. The van der Waals surface area contributed by atoms with E-state index in [2.05, 4.69) is 73.8 Å². The van der Waals surface area contributed by atoms with Crippen molar-refractivity contribution in [3.8, 4) is 0 Å². The van der Waals surface area contributed by atoms with Gasteiger partial charge in [-0.3, -0.25) is 0 Å². The molecule has 1 N–H and O–H groups in total. The minimum atomic E-state index is 0.402. The highest BCUT2D eigenvalue weighted by Crippen LogP contribution is 2.18. The molecular formula is C17H21N. The van der Waals surface area contributed by atoms with E-state index in [4.69, 9.17) is 0 Å². The fraction of sp³-hybridized carbons (Fsp3) is 0.294. The van der Waals surface area contributed by atoms with Crippen LogP contribution in [-0.4, -0.2) is 6.54 Å². The molecule has 0 radical (unpaired) electrons. The van der Waals surface area contributed by atoms with Crippen molar-refractivity contribution in [3.63, 3.8) is 0 Å². The van der Waals surface area contributed by atoms with E-state index in [1.54, 1.807) is 0 Å². The number of rotatable bonds is 5. The van der Waals surface area contributed by atoms with E-state index in [9.17, 15) is 0 Å². The molecule has 0 aromatic heterocycles. The Kier molecular flexibility index (Phi) is 4.54. The molecule has 0 unspecified atom stereocenters. The van der Waals surface area contributed by atoms with Crippen LogP contribution in [0.1, 0.15) is 29.7 Å².